The highest BCUT2D eigenvalue weighted by atomic mass is 16.2. The van der Waals surface area contributed by atoms with E-state index in [0.29, 0.717) is 12.4 Å². The molecule has 0 unspecified atom stereocenters. The first-order valence-corrected chi connectivity index (χ1v) is 14.4. The molecule has 5 rings (SSSR count). The summed E-state index contributed by atoms with van der Waals surface area (Å²) in [6.07, 6.45) is 5.03. The summed E-state index contributed by atoms with van der Waals surface area (Å²) in [5.74, 6) is 0.508. The second-order valence-electron chi connectivity index (χ2n) is 11.0. The number of nitrogens with one attached hydrogen (secondary N) is 1. The average molecular weight is 557 g/mol. The molecular formula is C31H40N8O2. The van der Waals surface area contributed by atoms with E-state index in [1.165, 1.54) is 0 Å². The minimum absolute atomic E-state index is 0.237. The van der Waals surface area contributed by atoms with Crippen LogP contribution in [0.2, 0.25) is 0 Å². The molecule has 3 N–H and O–H groups in total. The van der Waals surface area contributed by atoms with Crippen LogP contribution in [0.4, 0.5) is 23.0 Å². The molecule has 2 amide bonds. The normalized spacial score (nSPS) is 17.2. The van der Waals surface area contributed by atoms with Crippen molar-refractivity contribution >= 4 is 34.8 Å². The quantitative estimate of drug-likeness (QED) is 0.391. The van der Waals surface area contributed by atoms with Gasteiger partial charge < -0.3 is 30.7 Å². The van der Waals surface area contributed by atoms with E-state index in [9.17, 15) is 9.59 Å². The molecule has 0 aliphatic carbocycles. The predicted molar refractivity (Wildman–Crippen MR) is 163 cm³/mol. The van der Waals surface area contributed by atoms with Crippen LogP contribution >= 0.6 is 0 Å². The van der Waals surface area contributed by atoms with Crippen LogP contribution in [0, 0.1) is 0 Å². The number of hydrogen-bond donors (Lipinski definition) is 2. The van der Waals surface area contributed by atoms with E-state index >= 15 is 0 Å². The Bertz CT molecular complexity index is 1320. The van der Waals surface area contributed by atoms with Gasteiger partial charge in [-0.2, -0.15) is 0 Å². The molecule has 3 heterocycles. The van der Waals surface area contributed by atoms with E-state index < -0.39 is 0 Å². The van der Waals surface area contributed by atoms with Crippen molar-refractivity contribution in [2.75, 3.05) is 68.5 Å². The fourth-order valence-electron chi connectivity index (χ4n) is 5.58. The number of rotatable bonds is 10. The molecule has 10 nitrogen and oxygen atoms in total. The Morgan fingerprint density at radius 1 is 0.951 bits per heavy atom. The number of carbonyl (C=O) groups excluding carboxylic acids is 2. The van der Waals surface area contributed by atoms with Gasteiger partial charge >= 0.3 is 0 Å². The third-order valence-corrected chi connectivity index (χ3v) is 7.85. The fraction of sp³-hybridized carbons (Fsp3) is 0.419. The topological polar surface area (TPSA) is 111 Å². The van der Waals surface area contributed by atoms with Gasteiger partial charge in [-0.05, 0) is 82.4 Å². The molecule has 2 saturated heterocycles. The zero-order valence-electron chi connectivity index (χ0n) is 24.0. The van der Waals surface area contributed by atoms with E-state index in [-0.39, 0.29) is 17.9 Å². The molecule has 3 aromatic rings. The summed E-state index contributed by atoms with van der Waals surface area (Å²) in [5.41, 5.74) is 10.4. The second kappa shape index (κ2) is 13.0. The van der Waals surface area contributed by atoms with E-state index in [4.69, 9.17) is 10.7 Å². The Kier molecular flexibility index (Phi) is 8.98. The summed E-state index contributed by atoms with van der Waals surface area (Å²) in [6.45, 7) is 4.94. The largest absolute Gasteiger partial charge is 0.368 e. The Morgan fingerprint density at radius 2 is 1.66 bits per heavy atom. The lowest BCUT2D eigenvalue weighted by atomic mass is 10.1. The number of nitrogens with zero attached hydrogens (tertiary/aromatic N) is 6. The van der Waals surface area contributed by atoms with E-state index in [1.807, 2.05) is 61.5 Å². The summed E-state index contributed by atoms with van der Waals surface area (Å²) in [5, 5.41) is 3.31. The van der Waals surface area contributed by atoms with Gasteiger partial charge in [0.15, 0.2) is 0 Å². The van der Waals surface area contributed by atoms with E-state index in [2.05, 4.69) is 37.1 Å². The van der Waals surface area contributed by atoms with Crippen LogP contribution in [0.5, 0.6) is 0 Å². The summed E-state index contributed by atoms with van der Waals surface area (Å²) in [6, 6.07) is 18.0. The van der Waals surface area contributed by atoms with Gasteiger partial charge in [0.2, 0.25) is 17.8 Å². The molecule has 10 heteroatoms. The molecule has 1 aromatic heterocycles. The molecule has 0 radical (unpaired) electrons. The number of anilines is 4. The van der Waals surface area contributed by atoms with Crippen molar-refractivity contribution in [3.05, 3.63) is 60.8 Å². The molecule has 1 atom stereocenters. The molecule has 41 heavy (non-hydrogen) atoms. The number of amides is 2. The first-order valence-electron chi connectivity index (χ1n) is 14.4. The number of nitrogens with two attached hydrogens (primary N) is 1. The zero-order chi connectivity index (χ0) is 28.8. The van der Waals surface area contributed by atoms with Gasteiger partial charge in [-0.15, -0.1) is 0 Å². The minimum atomic E-state index is -0.271. The van der Waals surface area contributed by atoms with Crippen LogP contribution < -0.4 is 20.9 Å². The third kappa shape index (κ3) is 7.13. The van der Waals surface area contributed by atoms with Crippen LogP contribution in [0.1, 0.15) is 25.7 Å². The number of primary amides is 1. The van der Waals surface area contributed by atoms with E-state index in [1.54, 1.807) is 6.20 Å². The lowest BCUT2D eigenvalue weighted by molar-refractivity contribution is -0.131. The van der Waals surface area contributed by atoms with Crippen molar-refractivity contribution < 1.29 is 9.59 Å². The Balaban J connectivity index is 1.15. The smallest absolute Gasteiger partial charge is 0.240 e. The van der Waals surface area contributed by atoms with Crippen molar-refractivity contribution in [1.29, 1.82) is 0 Å². The highest BCUT2D eigenvalue weighted by molar-refractivity contribution is 5.84. The molecule has 216 valence electrons. The minimum Gasteiger partial charge on any atom is -0.368 e. The summed E-state index contributed by atoms with van der Waals surface area (Å²) >= 11 is 0. The van der Waals surface area contributed by atoms with Gasteiger partial charge in [0.1, 0.15) is 6.04 Å². The molecule has 2 aliphatic heterocycles. The third-order valence-electron chi connectivity index (χ3n) is 7.85. The highest BCUT2D eigenvalue weighted by Gasteiger charge is 2.29. The van der Waals surface area contributed by atoms with Crippen LogP contribution in [-0.4, -0.2) is 91.0 Å². The van der Waals surface area contributed by atoms with Crippen LogP contribution in [-0.2, 0) is 9.59 Å². The van der Waals surface area contributed by atoms with Gasteiger partial charge in [-0.3, -0.25) is 9.59 Å². The van der Waals surface area contributed by atoms with Gasteiger partial charge in [-0.25, -0.2) is 9.97 Å². The van der Waals surface area contributed by atoms with Crippen LogP contribution in [0.25, 0.3) is 11.3 Å². The number of benzene rings is 2. The number of aromatic nitrogens is 2. The van der Waals surface area contributed by atoms with Crippen molar-refractivity contribution in [1.82, 2.24) is 19.8 Å². The van der Waals surface area contributed by atoms with Gasteiger partial charge in [0.25, 0.3) is 0 Å². The maximum atomic E-state index is 12.5. The second-order valence-corrected chi connectivity index (χ2v) is 11.0. The zero-order valence-corrected chi connectivity index (χ0v) is 24.0. The first-order chi connectivity index (χ1) is 19.9. The molecule has 0 bridgehead atoms. The fourth-order valence-corrected chi connectivity index (χ4v) is 5.58. The standard InChI is InChI=1S/C31H40N8O2/c1-36(2)17-4-6-29(40)38-21-19-37(20-22-38)25-13-9-24(10-14-25)34-31-33-16-15-27(35-31)23-7-11-26(12-8-23)39-18-3-5-28(39)30(32)41/h7-16,28H,3-6,17-22H2,1-2H3,(H2,32,41)(H,33,34,35)/t28-/m1/s1. The highest BCUT2D eigenvalue weighted by Crippen LogP contribution is 2.28. The monoisotopic (exact) mass is 556 g/mol. The lowest BCUT2D eigenvalue weighted by Crippen LogP contribution is -2.48. The molecular weight excluding hydrogens is 516 g/mol. The Morgan fingerprint density at radius 3 is 2.34 bits per heavy atom. The van der Waals surface area contributed by atoms with Gasteiger partial charge in [0, 0.05) is 68.0 Å². The van der Waals surface area contributed by atoms with Crippen molar-refractivity contribution in [2.24, 2.45) is 5.73 Å². The predicted octanol–water partition coefficient (Wildman–Crippen LogP) is 3.33. The summed E-state index contributed by atoms with van der Waals surface area (Å²) < 4.78 is 0. The van der Waals surface area contributed by atoms with E-state index in [0.717, 1.165) is 86.9 Å². The maximum Gasteiger partial charge on any atom is 0.240 e. The molecule has 2 fully saturated rings. The van der Waals surface area contributed by atoms with Crippen molar-refractivity contribution in [3.63, 3.8) is 0 Å². The maximum absolute atomic E-state index is 12.5. The summed E-state index contributed by atoms with van der Waals surface area (Å²) in [7, 11) is 4.07. The summed E-state index contributed by atoms with van der Waals surface area (Å²) in [4.78, 5) is 41.9. The Labute approximate surface area is 242 Å². The lowest BCUT2D eigenvalue weighted by Gasteiger charge is -2.36. The molecule has 0 saturated carbocycles. The SMILES string of the molecule is CN(C)CCCC(=O)N1CCN(c2ccc(Nc3nccc(-c4ccc(N5CCC[C@@H]5C(N)=O)cc4)n3)cc2)CC1. The average Bonchev–Trinajstić information content (AvgIpc) is 3.48. The number of carbonyl (C=O) groups is 2. The number of piperazine rings is 1. The van der Waals surface area contributed by atoms with Crippen molar-refractivity contribution in [2.45, 2.75) is 31.7 Å². The van der Waals surface area contributed by atoms with Gasteiger partial charge in [-0.1, -0.05) is 12.1 Å². The Hall–Kier alpha value is -4.18. The van der Waals surface area contributed by atoms with Gasteiger partial charge in [0.05, 0.1) is 5.69 Å². The molecule has 2 aromatic carbocycles. The number of hydrogen-bond acceptors (Lipinski definition) is 8. The first kappa shape index (κ1) is 28.4. The molecule has 0 spiro atoms. The van der Waals surface area contributed by atoms with Crippen molar-refractivity contribution in [3.8, 4) is 11.3 Å². The van der Waals surface area contributed by atoms with Crippen LogP contribution in [0.3, 0.4) is 0 Å². The van der Waals surface area contributed by atoms with Crippen LogP contribution in [0.15, 0.2) is 60.8 Å². The molecule has 2 aliphatic rings.